The number of halogens is 1. The number of aryl methyl sites for hydroxylation is 2. The fourth-order valence-electron chi connectivity index (χ4n) is 4.89. The van der Waals surface area contributed by atoms with Crippen molar-refractivity contribution >= 4 is 41.5 Å². The van der Waals surface area contributed by atoms with Gasteiger partial charge in [-0.25, -0.2) is 4.99 Å². The highest BCUT2D eigenvalue weighted by Gasteiger charge is 2.32. The number of phenolic OH excluding ortho intramolecular Hbond substituents is 1. The Morgan fingerprint density at radius 1 is 1.21 bits per heavy atom. The molecule has 2 N–H and O–H groups in total. The summed E-state index contributed by atoms with van der Waals surface area (Å²) in [5, 5.41) is 13.5. The molecule has 1 unspecified atom stereocenters. The number of hydrogen-bond donors (Lipinski definition) is 2. The number of guanidine groups is 1. The lowest BCUT2D eigenvalue weighted by atomic mass is 9.98. The molecular weight excluding hydrogens is 527 g/mol. The Labute approximate surface area is 214 Å². The van der Waals surface area contributed by atoms with E-state index in [-0.39, 0.29) is 24.0 Å². The number of rotatable bonds is 6. The van der Waals surface area contributed by atoms with Gasteiger partial charge in [0.1, 0.15) is 5.75 Å². The van der Waals surface area contributed by atoms with Crippen LogP contribution < -0.4 is 10.2 Å². The van der Waals surface area contributed by atoms with Crippen molar-refractivity contribution in [2.75, 3.05) is 31.1 Å². The standard InChI is InChI=1S/C26H34N4O2.HI/c1-4-27-26(28-16-20-14-18(2)25(32)19(3)15-20)30-17-21(22-8-5-6-9-23(22)30)11-13-29-12-7-10-24(29)31;/h5-6,8-9,14-15,21,32H,4,7,10-13,16-17H2,1-3H3,(H,27,28);1H. The summed E-state index contributed by atoms with van der Waals surface area (Å²) in [6.07, 6.45) is 2.65. The number of aromatic hydroxyl groups is 1. The van der Waals surface area contributed by atoms with E-state index < -0.39 is 0 Å². The zero-order chi connectivity index (χ0) is 22.7. The number of para-hydroxylation sites is 1. The number of hydrogen-bond acceptors (Lipinski definition) is 3. The molecule has 178 valence electrons. The minimum atomic E-state index is 0. The largest absolute Gasteiger partial charge is 0.507 e. The maximum atomic E-state index is 12.0. The van der Waals surface area contributed by atoms with Crippen molar-refractivity contribution in [3.05, 3.63) is 58.7 Å². The summed E-state index contributed by atoms with van der Waals surface area (Å²) in [4.78, 5) is 21.3. The molecule has 6 nitrogen and oxygen atoms in total. The molecule has 2 heterocycles. The molecule has 0 bridgehead atoms. The molecule has 1 saturated heterocycles. The van der Waals surface area contributed by atoms with Crippen LogP contribution in [0.2, 0.25) is 0 Å². The normalized spacial score (nSPS) is 17.8. The van der Waals surface area contributed by atoms with E-state index >= 15 is 0 Å². The van der Waals surface area contributed by atoms with E-state index in [4.69, 9.17) is 4.99 Å². The Hall–Kier alpha value is -2.29. The zero-order valence-corrected chi connectivity index (χ0v) is 22.1. The van der Waals surface area contributed by atoms with Crippen LogP contribution in [-0.4, -0.2) is 48.1 Å². The van der Waals surface area contributed by atoms with E-state index in [2.05, 4.69) is 41.4 Å². The van der Waals surface area contributed by atoms with Crippen LogP contribution in [0.3, 0.4) is 0 Å². The second-order valence-electron chi connectivity index (χ2n) is 8.89. The number of aliphatic imine (C=N–C) groups is 1. The number of phenols is 1. The molecule has 4 rings (SSSR count). The number of carbonyl (C=O) groups excluding carboxylic acids is 1. The summed E-state index contributed by atoms with van der Waals surface area (Å²) in [6, 6.07) is 12.6. The van der Waals surface area contributed by atoms with Gasteiger partial charge < -0.3 is 20.2 Å². The highest BCUT2D eigenvalue weighted by molar-refractivity contribution is 14.0. The molecule has 2 aromatic carbocycles. The van der Waals surface area contributed by atoms with Gasteiger partial charge in [-0.15, -0.1) is 24.0 Å². The number of fused-ring (bicyclic) bond motifs is 1. The molecule has 7 heteroatoms. The van der Waals surface area contributed by atoms with Crippen molar-refractivity contribution in [1.29, 1.82) is 0 Å². The molecule has 33 heavy (non-hydrogen) atoms. The number of amides is 1. The van der Waals surface area contributed by atoms with Gasteiger partial charge in [0.15, 0.2) is 5.96 Å². The highest BCUT2D eigenvalue weighted by atomic mass is 127. The fourth-order valence-corrected chi connectivity index (χ4v) is 4.89. The van der Waals surface area contributed by atoms with Crippen LogP contribution in [0.25, 0.3) is 0 Å². The number of anilines is 1. The minimum absolute atomic E-state index is 0. The molecule has 0 radical (unpaired) electrons. The quantitative estimate of drug-likeness (QED) is 0.304. The molecule has 1 atom stereocenters. The number of likely N-dealkylation sites (tertiary alicyclic amines) is 1. The second-order valence-corrected chi connectivity index (χ2v) is 8.89. The minimum Gasteiger partial charge on any atom is -0.507 e. The monoisotopic (exact) mass is 562 g/mol. The molecule has 0 saturated carbocycles. The van der Waals surface area contributed by atoms with Gasteiger partial charge in [-0.2, -0.15) is 0 Å². The van der Waals surface area contributed by atoms with Crippen LogP contribution in [0.15, 0.2) is 41.4 Å². The molecule has 0 spiro atoms. The maximum absolute atomic E-state index is 12.0. The lowest BCUT2D eigenvalue weighted by Crippen LogP contribution is -2.41. The number of nitrogens with zero attached hydrogens (tertiary/aromatic N) is 3. The van der Waals surface area contributed by atoms with E-state index in [0.29, 0.717) is 30.5 Å². The maximum Gasteiger partial charge on any atom is 0.222 e. The Morgan fingerprint density at radius 2 is 1.94 bits per heavy atom. The van der Waals surface area contributed by atoms with Crippen LogP contribution in [-0.2, 0) is 11.3 Å². The molecule has 0 aliphatic carbocycles. The van der Waals surface area contributed by atoms with Crippen molar-refractivity contribution in [3.8, 4) is 5.75 Å². The smallest absolute Gasteiger partial charge is 0.222 e. The van der Waals surface area contributed by atoms with Gasteiger partial charge >= 0.3 is 0 Å². The molecule has 1 fully saturated rings. The molecule has 1 amide bonds. The van der Waals surface area contributed by atoms with Crippen molar-refractivity contribution in [3.63, 3.8) is 0 Å². The van der Waals surface area contributed by atoms with Crippen LogP contribution in [0, 0.1) is 13.8 Å². The topological polar surface area (TPSA) is 68.2 Å². The van der Waals surface area contributed by atoms with Crippen molar-refractivity contribution in [2.45, 2.75) is 52.5 Å². The fraction of sp³-hybridized carbons (Fsp3) is 0.462. The van der Waals surface area contributed by atoms with E-state index in [1.807, 2.05) is 30.9 Å². The van der Waals surface area contributed by atoms with Crippen molar-refractivity contribution in [1.82, 2.24) is 10.2 Å². The van der Waals surface area contributed by atoms with Crippen molar-refractivity contribution < 1.29 is 9.90 Å². The van der Waals surface area contributed by atoms with E-state index in [1.54, 1.807) is 0 Å². The van der Waals surface area contributed by atoms with E-state index in [0.717, 1.165) is 61.7 Å². The third kappa shape index (κ3) is 5.62. The lowest BCUT2D eigenvalue weighted by molar-refractivity contribution is -0.127. The van der Waals surface area contributed by atoms with E-state index in [1.165, 1.54) is 11.3 Å². The summed E-state index contributed by atoms with van der Waals surface area (Å²) < 4.78 is 0. The summed E-state index contributed by atoms with van der Waals surface area (Å²) in [7, 11) is 0. The Bertz CT molecular complexity index is 1000. The summed E-state index contributed by atoms with van der Waals surface area (Å²) in [6.45, 7) is 9.86. The lowest BCUT2D eigenvalue weighted by Gasteiger charge is -2.23. The van der Waals surface area contributed by atoms with Crippen LogP contribution in [0.4, 0.5) is 5.69 Å². The molecule has 0 aromatic heterocycles. The third-order valence-corrected chi connectivity index (χ3v) is 6.54. The van der Waals surface area contributed by atoms with Gasteiger partial charge in [0, 0.05) is 44.2 Å². The number of nitrogens with one attached hydrogen (secondary N) is 1. The first-order valence-corrected chi connectivity index (χ1v) is 11.7. The Balaban J connectivity index is 0.00000306. The van der Waals surface area contributed by atoms with E-state index in [9.17, 15) is 9.90 Å². The Morgan fingerprint density at radius 3 is 2.61 bits per heavy atom. The van der Waals surface area contributed by atoms with Gasteiger partial charge in [-0.3, -0.25) is 4.79 Å². The average Bonchev–Trinajstić information content (AvgIpc) is 3.36. The predicted molar refractivity (Wildman–Crippen MR) is 145 cm³/mol. The highest BCUT2D eigenvalue weighted by Crippen LogP contribution is 2.38. The first kappa shape index (κ1) is 25.3. The second kappa shape index (κ2) is 11.2. The van der Waals surface area contributed by atoms with Gasteiger partial charge in [-0.05, 0) is 61.9 Å². The first-order chi connectivity index (χ1) is 15.5. The summed E-state index contributed by atoms with van der Waals surface area (Å²) in [5.41, 5.74) is 5.38. The summed E-state index contributed by atoms with van der Waals surface area (Å²) in [5.74, 6) is 1.91. The molecule has 2 aromatic rings. The molecule has 2 aliphatic heterocycles. The molecular formula is C26H35IN4O2. The van der Waals surface area contributed by atoms with Gasteiger partial charge in [-0.1, -0.05) is 30.3 Å². The third-order valence-electron chi connectivity index (χ3n) is 6.54. The number of carbonyl (C=O) groups is 1. The first-order valence-electron chi connectivity index (χ1n) is 11.7. The van der Waals surface area contributed by atoms with Gasteiger partial charge in [0.05, 0.1) is 6.54 Å². The Kier molecular flexibility index (Phi) is 8.62. The van der Waals surface area contributed by atoms with Crippen LogP contribution in [0.5, 0.6) is 5.75 Å². The number of benzene rings is 2. The SMILES string of the molecule is CCNC(=NCc1cc(C)c(O)c(C)c1)N1CC(CCN2CCCC2=O)c2ccccc21.I. The average molecular weight is 562 g/mol. The predicted octanol–water partition coefficient (Wildman–Crippen LogP) is 4.71. The van der Waals surface area contributed by atoms with Crippen molar-refractivity contribution in [2.24, 2.45) is 4.99 Å². The zero-order valence-electron chi connectivity index (χ0n) is 19.8. The van der Waals surface area contributed by atoms with Crippen LogP contribution in [0.1, 0.15) is 54.4 Å². The summed E-state index contributed by atoms with van der Waals surface area (Å²) >= 11 is 0. The van der Waals surface area contributed by atoms with Gasteiger partial charge in [0.2, 0.25) is 5.91 Å². The van der Waals surface area contributed by atoms with Gasteiger partial charge in [0.25, 0.3) is 0 Å². The molecule has 2 aliphatic rings. The van der Waals surface area contributed by atoms with Crippen LogP contribution >= 0.6 is 24.0 Å².